The summed E-state index contributed by atoms with van der Waals surface area (Å²) >= 11 is 0. The van der Waals surface area contributed by atoms with Crippen LogP contribution >= 0.6 is 0 Å². The van der Waals surface area contributed by atoms with Gasteiger partial charge in [-0.05, 0) is 50.1 Å². The summed E-state index contributed by atoms with van der Waals surface area (Å²) in [6.45, 7) is 16.5. The van der Waals surface area contributed by atoms with Crippen molar-refractivity contribution in [2.75, 3.05) is 20.1 Å². The highest BCUT2D eigenvalue weighted by Gasteiger charge is 2.46. The van der Waals surface area contributed by atoms with Crippen molar-refractivity contribution in [3.05, 3.63) is 84.1 Å². The van der Waals surface area contributed by atoms with Crippen molar-refractivity contribution in [3.8, 4) is 0 Å². The third-order valence-corrected chi connectivity index (χ3v) is 6.15. The molecule has 4 N–H and O–H groups in total. The zero-order chi connectivity index (χ0) is 25.0. The molecule has 2 fully saturated rings. The highest BCUT2D eigenvalue weighted by atomic mass is 19.1. The van der Waals surface area contributed by atoms with Gasteiger partial charge >= 0.3 is 0 Å². The van der Waals surface area contributed by atoms with Gasteiger partial charge in [-0.25, -0.2) is 9.38 Å². The summed E-state index contributed by atoms with van der Waals surface area (Å²) in [6, 6.07) is 4.89. The third kappa shape index (κ3) is 5.24. The monoisotopic (exact) mass is 468 g/mol. The van der Waals surface area contributed by atoms with Crippen molar-refractivity contribution < 1.29 is 14.3 Å². The highest BCUT2D eigenvalue weighted by Crippen LogP contribution is 2.28. The molecular formula is C25H33FN6O2. The molecule has 2 aliphatic rings. The summed E-state index contributed by atoms with van der Waals surface area (Å²) in [6.07, 6.45) is 2.78. The number of likely N-dealkylation sites (tertiary alicyclic amines) is 1. The van der Waals surface area contributed by atoms with Crippen LogP contribution in [0.2, 0.25) is 0 Å². The van der Waals surface area contributed by atoms with E-state index in [9.17, 15) is 14.3 Å². The number of rotatable bonds is 6. The van der Waals surface area contributed by atoms with Gasteiger partial charge in [0.15, 0.2) is 0 Å². The van der Waals surface area contributed by atoms with Gasteiger partial charge in [-0.3, -0.25) is 4.79 Å². The molecule has 1 amide bonds. The minimum absolute atomic E-state index is 0.00404. The maximum atomic E-state index is 13.6. The van der Waals surface area contributed by atoms with Crippen LogP contribution in [0.5, 0.6) is 0 Å². The molecule has 0 radical (unpaired) electrons. The molecule has 3 rings (SSSR count). The van der Waals surface area contributed by atoms with Crippen LogP contribution in [0.25, 0.3) is 0 Å². The van der Waals surface area contributed by atoms with E-state index in [1.807, 2.05) is 11.9 Å². The second-order valence-corrected chi connectivity index (χ2v) is 8.68. The Morgan fingerprint density at radius 1 is 1.41 bits per heavy atom. The standard InChI is InChI=1S/C25H33FN6O2/c1-7-31(6)24(32-12-10-25(11-13-32)23(34)28-19(5)30-25)29-22(18(4)33)17(3)27-15-20-8-9-21(26)16(2)14-20/h7-9,14,27,30,33H,1,3,5,10-13,15H2,2,4,6H3,(H,28,34)/b22-18+,29-24?. The molecule has 8 nitrogen and oxygen atoms in total. The Labute approximate surface area is 200 Å². The number of allylic oxidation sites excluding steroid dienone is 1. The molecule has 2 saturated heterocycles. The van der Waals surface area contributed by atoms with Gasteiger partial charge in [-0.1, -0.05) is 31.9 Å². The zero-order valence-electron chi connectivity index (χ0n) is 20.0. The molecule has 2 heterocycles. The number of aliphatic hydroxyl groups is 1. The first kappa shape index (κ1) is 24.9. The van der Waals surface area contributed by atoms with Crippen LogP contribution in [0, 0.1) is 12.7 Å². The van der Waals surface area contributed by atoms with Crippen LogP contribution in [0.1, 0.15) is 30.9 Å². The number of nitrogens with one attached hydrogen (secondary N) is 3. The Morgan fingerprint density at radius 3 is 2.62 bits per heavy atom. The Kier molecular flexibility index (Phi) is 7.34. The van der Waals surface area contributed by atoms with E-state index in [2.05, 4.69) is 35.7 Å². The lowest BCUT2D eigenvalue weighted by molar-refractivity contribution is -0.125. The van der Waals surface area contributed by atoms with Crippen LogP contribution in [0.4, 0.5) is 4.39 Å². The summed E-state index contributed by atoms with van der Waals surface area (Å²) in [5.74, 6) is 0.785. The normalized spacial score (nSPS) is 18.2. The average molecular weight is 469 g/mol. The number of amides is 1. The number of hydrogen-bond donors (Lipinski definition) is 4. The van der Waals surface area contributed by atoms with Gasteiger partial charge in [0.2, 0.25) is 5.96 Å². The van der Waals surface area contributed by atoms with Gasteiger partial charge in [0.25, 0.3) is 5.91 Å². The maximum Gasteiger partial charge on any atom is 0.251 e. The summed E-state index contributed by atoms with van der Waals surface area (Å²) in [5.41, 5.74) is 1.51. The number of nitrogens with zero attached hydrogens (tertiary/aromatic N) is 3. The topological polar surface area (TPSA) is 92.2 Å². The van der Waals surface area contributed by atoms with Crippen LogP contribution in [-0.2, 0) is 11.3 Å². The largest absolute Gasteiger partial charge is 0.510 e. The van der Waals surface area contributed by atoms with Crippen LogP contribution in [0.15, 0.2) is 72.1 Å². The van der Waals surface area contributed by atoms with Gasteiger partial charge < -0.3 is 30.9 Å². The first-order valence-corrected chi connectivity index (χ1v) is 11.1. The first-order valence-electron chi connectivity index (χ1n) is 11.1. The molecule has 0 aliphatic carbocycles. The smallest absolute Gasteiger partial charge is 0.251 e. The van der Waals surface area contributed by atoms with E-state index in [1.165, 1.54) is 6.07 Å². The fraction of sp³-hybridized carbons (Fsp3) is 0.360. The third-order valence-electron chi connectivity index (χ3n) is 6.15. The summed E-state index contributed by atoms with van der Waals surface area (Å²) in [5, 5.41) is 19.5. The quantitative estimate of drug-likeness (QED) is 0.222. The predicted octanol–water partition coefficient (Wildman–Crippen LogP) is 2.98. The fourth-order valence-electron chi connectivity index (χ4n) is 4.10. The molecule has 1 spiro atoms. The fourth-order valence-corrected chi connectivity index (χ4v) is 4.10. The van der Waals surface area contributed by atoms with Crippen molar-refractivity contribution in [2.24, 2.45) is 4.99 Å². The lowest BCUT2D eigenvalue weighted by Crippen LogP contribution is -2.56. The summed E-state index contributed by atoms with van der Waals surface area (Å²) < 4.78 is 13.6. The molecule has 1 aromatic carbocycles. The van der Waals surface area contributed by atoms with E-state index in [1.54, 1.807) is 37.1 Å². The highest BCUT2D eigenvalue weighted by molar-refractivity contribution is 5.91. The number of benzene rings is 1. The first-order chi connectivity index (χ1) is 16.1. The number of carbonyl (C=O) groups is 1. The Hall–Kier alpha value is -3.75. The number of piperidine rings is 1. The van der Waals surface area contributed by atoms with E-state index in [-0.39, 0.29) is 17.5 Å². The van der Waals surface area contributed by atoms with E-state index in [0.717, 1.165) is 5.56 Å². The van der Waals surface area contributed by atoms with E-state index >= 15 is 0 Å². The number of guanidine groups is 1. The number of halogens is 1. The second-order valence-electron chi connectivity index (χ2n) is 8.68. The SMILES string of the molecule is C=CN(C)C(=N/C(C(=C)NCc1ccc(F)c(C)c1)=C(\C)O)N1CCC2(CC1)NC(=C)NC2=O. The van der Waals surface area contributed by atoms with Crippen molar-refractivity contribution in [3.63, 3.8) is 0 Å². The lowest BCUT2D eigenvalue weighted by atomic mass is 9.88. The maximum absolute atomic E-state index is 13.6. The summed E-state index contributed by atoms with van der Waals surface area (Å²) in [7, 11) is 1.82. The molecular weight excluding hydrogens is 435 g/mol. The molecule has 0 bridgehead atoms. The van der Waals surface area contributed by atoms with E-state index < -0.39 is 5.54 Å². The summed E-state index contributed by atoms with van der Waals surface area (Å²) in [4.78, 5) is 21.0. The molecule has 2 aliphatic heterocycles. The van der Waals surface area contributed by atoms with Gasteiger partial charge in [0.1, 0.15) is 22.8 Å². The minimum atomic E-state index is -0.657. The molecule has 182 valence electrons. The van der Waals surface area contributed by atoms with Gasteiger partial charge in [0, 0.05) is 26.7 Å². The molecule has 0 aromatic heterocycles. The van der Waals surface area contributed by atoms with Crippen LogP contribution < -0.4 is 16.0 Å². The number of aliphatic hydroxyl groups excluding tert-OH is 1. The lowest BCUT2D eigenvalue weighted by Gasteiger charge is -2.40. The van der Waals surface area contributed by atoms with Gasteiger partial charge in [0.05, 0.1) is 11.5 Å². The Balaban J connectivity index is 1.77. The van der Waals surface area contributed by atoms with E-state index in [4.69, 9.17) is 4.99 Å². The Bertz CT molecular complexity index is 1070. The average Bonchev–Trinajstić information content (AvgIpc) is 3.07. The minimum Gasteiger partial charge on any atom is -0.510 e. The van der Waals surface area contributed by atoms with E-state index in [0.29, 0.717) is 61.2 Å². The zero-order valence-corrected chi connectivity index (χ0v) is 20.0. The Morgan fingerprint density at radius 2 is 2.09 bits per heavy atom. The molecule has 0 unspecified atom stereocenters. The van der Waals surface area contributed by atoms with Crippen molar-refractivity contribution in [2.45, 2.75) is 38.8 Å². The number of hydrogen-bond acceptors (Lipinski definition) is 5. The number of aryl methyl sites for hydroxylation is 1. The van der Waals surface area contributed by atoms with Crippen molar-refractivity contribution >= 4 is 11.9 Å². The number of aliphatic imine (C=N–C) groups is 1. The van der Waals surface area contributed by atoms with Crippen LogP contribution in [0.3, 0.4) is 0 Å². The molecule has 9 heteroatoms. The predicted molar refractivity (Wildman–Crippen MR) is 132 cm³/mol. The molecule has 0 saturated carbocycles. The number of carbonyl (C=O) groups excluding carboxylic acids is 1. The molecule has 34 heavy (non-hydrogen) atoms. The van der Waals surface area contributed by atoms with Gasteiger partial charge in [-0.2, -0.15) is 0 Å². The molecule has 0 atom stereocenters. The van der Waals surface area contributed by atoms with Crippen molar-refractivity contribution in [1.82, 2.24) is 25.8 Å². The van der Waals surface area contributed by atoms with Gasteiger partial charge in [-0.15, -0.1) is 0 Å². The molecule has 1 aromatic rings. The van der Waals surface area contributed by atoms with Crippen LogP contribution in [-0.4, -0.2) is 52.4 Å². The second kappa shape index (κ2) is 10.0. The van der Waals surface area contributed by atoms with Crippen molar-refractivity contribution in [1.29, 1.82) is 0 Å².